The van der Waals surface area contributed by atoms with Gasteiger partial charge in [0.05, 0.1) is 0 Å². The summed E-state index contributed by atoms with van der Waals surface area (Å²) in [4.78, 5) is 0. The van der Waals surface area contributed by atoms with Crippen LogP contribution in [-0.4, -0.2) is 11.5 Å². The molecule has 0 saturated heterocycles. The summed E-state index contributed by atoms with van der Waals surface area (Å²) in [6.07, 6.45) is 1.04. The van der Waals surface area contributed by atoms with Crippen LogP contribution in [0.1, 0.15) is 13.3 Å². The Labute approximate surface area is 49.7 Å². The van der Waals surface area contributed by atoms with E-state index in [1.54, 1.807) is 6.54 Å². The standard InChI is InChI=1S/C5H12NS/c1-2-7-5-3-4-6/h4H,2-3,5-6H2,1H3. The van der Waals surface area contributed by atoms with Crippen molar-refractivity contribution in [1.29, 1.82) is 0 Å². The molecule has 1 nitrogen and oxygen atoms in total. The lowest BCUT2D eigenvalue weighted by molar-refractivity contribution is 1.08. The maximum atomic E-state index is 5.13. The van der Waals surface area contributed by atoms with Crippen LogP contribution in [0.3, 0.4) is 0 Å². The van der Waals surface area contributed by atoms with Crippen molar-refractivity contribution in [2.45, 2.75) is 13.3 Å². The van der Waals surface area contributed by atoms with Gasteiger partial charge in [-0.15, -0.1) is 0 Å². The Morgan fingerprint density at radius 2 is 2.43 bits per heavy atom. The molecule has 0 rings (SSSR count). The van der Waals surface area contributed by atoms with Crippen molar-refractivity contribution in [3.63, 3.8) is 0 Å². The number of rotatable bonds is 4. The molecule has 0 fully saturated rings. The topological polar surface area (TPSA) is 26.0 Å². The molecule has 0 heterocycles. The highest BCUT2D eigenvalue weighted by Gasteiger charge is 1.80. The molecule has 0 amide bonds. The van der Waals surface area contributed by atoms with Crippen molar-refractivity contribution in [3.05, 3.63) is 6.54 Å². The summed E-state index contributed by atoms with van der Waals surface area (Å²) < 4.78 is 0. The normalized spacial score (nSPS) is 9.43. The molecule has 0 atom stereocenters. The summed E-state index contributed by atoms with van der Waals surface area (Å²) in [6.45, 7) is 3.86. The lowest BCUT2D eigenvalue weighted by atomic mass is 10.5. The summed E-state index contributed by atoms with van der Waals surface area (Å²) in [7, 11) is 0. The van der Waals surface area contributed by atoms with Crippen LogP contribution in [0.5, 0.6) is 0 Å². The van der Waals surface area contributed by atoms with E-state index in [1.165, 1.54) is 11.5 Å². The van der Waals surface area contributed by atoms with Crippen LogP contribution in [0.25, 0.3) is 0 Å². The highest BCUT2D eigenvalue weighted by Crippen LogP contribution is 1.99. The summed E-state index contributed by atoms with van der Waals surface area (Å²) in [6, 6.07) is 0. The van der Waals surface area contributed by atoms with Gasteiger partial charge < -0.3 is 5.73 Å². The lowest BCUT2D eigenvalue weighted by Crippen LogP contribution is -1.91. The summed E-state index contributed by atoms with van der Waals surface area (Å²) in [5, 5.41) is 0. The first-order valence-corrected chi connectivity index (χ1v) is 3.68. The number of thioether (sulfide) groups is 1. The molecular weight excluding hydrogens is 106 g/mol. The SMILES string of the molecule is CCSCC[CH]N. The van der Waals surface area contributed by atoms with Crippen LogP contribution >= 0.6 is 11.8 Å². The van der Waals surface area contributed by atoms with Crippen LogP contribution in [0.2, 0.25) is 0 Å². The molecule has 2 N–H and O–H groups in total. The van der Waals surface area contributed by atoms with Crippen molar-refractivity contribution in [3.8, 4) is 0 Å². The average Bonchev–Trinajstić information content (AvgIpc) is 1.69. The molecule has 0 aromatic heterocycles. The van der Waals surface area contributed by atoms with Crippen molar-refractivity contribution >= 4 is 11.8 Å². The predicted octanol–water partition coefficient (Wildman–Crippen LogP) is 1.25. The Kier molecular flexibility index (Phi) is 6.59. The average molecular weight is 118 g/mol. The smallest absolute Gasteiger partial charge is 0.0200 e. The monoisotopic (exact) mass is 118 g/mol. The van der Waals surface area contributed by atoms with Gasteiger partial charge in [-0.3, -0.25) is 0 Å². The van der Waals surface area contributed by atoms with E-state index in [4.69, 9.17) is 5.73 Å². The Morgan fingerprint density at radius 3 is 2.86 bits per heavy atom. The van der Waals surface area contributed by atoms with Gasteiger partial charge in [0.2, 0.25) is 0 Å². The Hall–Kier alpha value is 0.310. The highest BCUT2D eigenvalue weighted by atomic mass is 32.2. The van der Waals surface area contributed by atoms with E-state index in [1.807, 2.05) is 11.8 Å². The van der Waals surface area contributed by atoms with Crippen LogP contribution in [0.15, 0.2) is 0 Å². The fourth-order valence-electron chi connectivity index (χ4n) is 0.296. The second-order valence-corrected chi connectivity index (χ2v) is 2.62. The van der Waals surface area contributed by atoms with E-state index >= 15 is 0 Å². The fraction of sp³-hybridized carbons (Fsp3) is 0.800. The van der Waals surface area contributed by atoms with Crippen LogP contribution in [-0.2, 0) is 0 Å². The van der Waals surface area contributed by atoms with Gasteiger partial charge in [-0.25, -0.2) is 0 Å². The van der Waals surface area contributed by atoms with Gasteiger partial charge in [0, 0.05) is 6.54 Å². The molecule has 0 aromatic rings. The molecule has 0 spiro atoms. The molecule has 2 heteroatoms. The summed E-state index contributed by atoms with van der Waals surface area (Å²) >= 11 is 1.92. The molecule has 0 aromatic carbocycles. The van der Waals surface area contributed by atoms with Gasteiger partial charge >= 0.3 is 0 Å². The van der Waals surface area contributed by atoms with Gasteiger partial charge in [-0.05, 0) is 17.9 Å². The number of hydrogen-bond donors (Lipinski definition) is 1. The minimum Gasteiger partial charge on any atom is -0.326 e. The van der Waals surface area contributed by atoms with E-state index in [2.05, 4.69) is 6.92 Å². The van der Waals surface area contributed by atoms with Crippen LogP contribution < -0.4 is 5.73 Å². The van der Waals surface area contributed by atoms with Crippen molar-refractivity contribution in [2.24, 2.45) is 5.73 Å². The minimum absolute atomic E-state index is 1.04. The molecule has 0 unspecified atom stereocenters. The maximum absolute atomic E-state index is 5.13. The van der Waals surface area contributed by atoms with Gasteiger partial charge in [-0.2, -0.15) is 11.8 Å². The number of hydrogen-bond acceptors (Lipinski definition) is 2. The molecule has 0 saturated carbocycles. The molecule has 0 aliphatic heterocycles. The highest BCUT2D eigenvalue weighted by molar-refractivity contribution is 7.99. The first-order chi connectivity index (χ1) is 3.41. The maximum Gasteiger partial charge on any atom is 0.0200 e. The molecule has 0 aliphatic carbocycles. The number of nitrogens with two attached hydrogens (primary N) is 1. The van der Waals surface area contributed by atoms with E-state index in [9.17, 15) is 0 Å². The van der Waals surface area contributed by atoms with E-state index in [0.717, 1.165) is 6.42 Å². The van der Waals surface area contributed by atoms with E-state index < -0.39 is 0 Å². The predicted molar refractivity (Wildman–Crippen MR) is 36.1 cm³/mol. The van der Waals surface area contributed by atoms with Crippen LogP contribution in [0.4, 0.5) is 0 Å². The molecule has 0 bridgehead atoms. The molecular formula is C5H12NS. The Balaban J connectivity index is 2.45. The van der Waals surface area contributed by atoms with E-state index in [0.29, 0.717) is 0 Å². The van der Waals surface area contributed by atoms with Gasteiger partial charge in [0.15, 0.2) is 0 Å². The summed E-state index contributed by atoms with van der Waals surface area (Å²) in [5.74, 6) is 2.38. The largest absolute Gasteiger partial charge is 0.326 e. The van der Waals surface area contributed by atoms with Crippen molar-refractivity contribution < 1.29 is 0 Å². The third kappa shape index (κ3) is 6.31. The van der Waals surface area contributed by atoms with Crippen molar-refractivity contribution in [1.82, 2.24) is 0 Å². The summed E-state index contributed by atoms with van der Waals surface area (Å²) in [5.41, 5.74) is 5.13. The van der Waals surface area contributed by atoms with Gasteiger partial charge in [0.25, 0.3) is 0 Å². The third-order valence-electron chi connectivity index (χ3n) is 0.633. The zero-order valence-electron chi connectivity index (χ0n) is 4.68. The lowest BCUT2D eigenvalue weighted by Gasteiger charge is -1.90. The first-order valence-electron chi connectivity index (χ1n) is 2.53. The zero-order chi connectivity index (χ0) is 5.54. The molecule has 43 valence electrons. The second-order valence-electron chi connectivity index (χ2n) is 1.22. The third-order valence-corrected chi connectivity index (χ3v) is 1.57. The van der Waals surface area contributed by atoms with Gasteiger partial charge in [-0.1, -0.05) is 6.92 Å². The van der Waals surface area contributed by atoms with E-state index in [-0.39, 0.29) is 0 Å². The van der Waals surface area contributed by atoms with Crippen LogP contribution in [0, 0.1) is 6.54 Å². The first kappa shape index (κ1) is 7.31. The van der Waals surface area contributed by atoms with Crippen molar-refractivity contribution in [2.75, 3.05) is 11.5 Å². The molecule has 7 heavy (non-hydrogen) atoms. The molecule has 1 radical (unpaired) electrons. The minimum atomic E-state index is 1.04. The molecule has 0 aliphatic rings. The zero-order valence-corrected chi connectivity index (χ0v) is 5.50. The Morgan fingerprint density at radius 1 is 1.71 bits per heavy atom. The van der Waals surface area contributed by atoms with Gasteiger partial charge in [0.1, 0.15) is 0 Å². The fourth-order valence-corrected chi connectivity index (χ4v) is 0.887. The Bertz CT molecular complexity index is 27.3. The quantitative estimate of drug-likeness (QED) is 0.562. The second kappa shape index (κ2) is 6.31.